The fourth-order valence-corrected chi connectivity index (χ4v) is 3.72. The topological polar surface area (TPSA) is 227 Å². The summed E-state index contributed by atoms with van der Waals surface area (Å²) in [5.41, 5.74) is 3.59. The number of nitrogen functional groups attached to an aromatic ring is 1. The number of amides is 1. The van der Waals surface area contributed by atoms with Gasteiger partial charge in [0.1, 0.15) is 35.6 Å². The van der Waals surface area contributed by atoms with Crippen LogP contribution in [0.3, 0.4) is 0 Å². The highest BCUT2D eigenvalue weighted by atomic mass is 35.5. The zero-order valence-corrected chi connectivity index (χ0v) is 18.2. The van der Waals surface area contributed by atoms with Crippen molar-refractivity contribution in [3.05, 3.63) is 37.1 Å². The number of anilines is 3. The van der Waals surface area contributed by atoms with Crippen LogP contribution in [0.4, 0.5) is 17.3 Å². The van der Waals surface area contributed by atoms with E-state index in [9.17, 15) is 29.4 Å². The Morgan fingerprint density at radius 1 is 1.18 bits per heavy atom. The van der Waals surface area contributed by atoms with E-state index < -0.39 is 41.0 Å². The molecule has 1 saturated heterocycles. The second-order valence-corrected chi connectivity index (χ2v) is 7.79. The van der Waals surface area contributed by atoms with Gasteiger partial charge in [0.15, 0.2) is 17.4 Å². The predicted molar refractivity (Wildman–Crippen MR) is 121 cm³/mol. The van der Waals surface area contributed by atoms with Crippen LogP contribution in [0, 0.1) is 0 Å². The van der Waals surface area contributed by atoms with E-state index >= 15 is 0 Å². The highest BCUT2D eigenvalue weighted by molar-refractivity contribution is 6.27. The lowest BCUT2D eigenvalue weighted by atomic mass is 10.1. The average molecular weight is 497 g/mol. The van der Waals surface area contributed by atoms with Crippen LogP contribution in [0.15, 0.2) is 20.7 Å². The number of aliphatic hydroxyl groups excluding tert-OH is 2. The highest BCUT2D eigenvalue weighted by Crippen LogP contribution is 2.31. The fraction of sp³-hybridized carbons (Fsp3) is 0.444. The number of H-pyrrole nitrogens is 1. The second-order valence-electron chi connectivity index (χ2n) is 7.52. The molecule has 0 unspecified atom stereocenters. The molecular formula is C18H21ClN8O7. The summed E-state index contributed by atoms with van der Waals surface area (Å²) in [6.07, 6.45) is -3.69. The summed E-state index contributed by atoms with van der Waals surface area (Å²) in [6, 6.07) is 0. The predicted octanol–water partition coefficient (Wildman–Crippen LogP) is -3.20. The Hall–Kier alpha value is -3.53. The van der Waals surface area contributed by atoms with Gasteiger partial charge in [0.2, 0.25) is 11.9 Å². The molecule has 0 radical (unpaired) electrons. The summed E-state index contributed by atoms with van der Waals surface area (Å²) in [7, 11) is 0. The van der Waals surface area contributed by atoms with Gasteiger partial charge in [-0.2, -0.15) is 4.98 Å². The lowest BCUT2D eigenvalue weighted by molar-refractivity contribution is -0.118. The Bertz CT molecular complexity index is 1350. The van der Waals surface area contributed by atoms with E-state index in [1.807, 2.05) is 0 Å². The molecule has 1 amide bonds. The van der Waals surface area contributed by atoms with Crippen LogP contribution in [0.2, 0.25) is 0 Å². The third kappa shape index (κ3) is 4.21. The molecule has 1 aliphatic rings. The molecule has 1 aliphatic heterocycles. The number of ether oxygens (including phenoxy) is 1. The monoisotopic (exact) mass is 496 g/mol. The first-order chi connectivity index (χ1) is 16.2. The third-order valence-electron chi connectivity index (χ3n) is 5.32. The van der Waals surface area contributed by atoms with Crippen LogP contribution in [0.5, 0.6) is 0 Å². The first-order valence-electron chi connectivity index (χ1n) is 10.1. The summed E-state index contributed by atoms with van der Waals surface area (Å²) >= 11 is 5.38. The van der Waals surface area contributed by atoms with Crippen molar-refractivity contribution in [2.45, 2.75) is 24.5 Å². The molecule has 182 valence electrons. The number of alkyl halides is 1. The van der Waals surface area contributed by atoms with Crippen LogP contribution >= 0.6 is 11.6 Å². The fourth-order valence-electron chi connectivity index (χ4n) is 3.63. The van der Waals surface area contributed by atoms with Gasteiger partial charge < -0.3 is 36.6 Å². The van der Waals surface area contributed by atoms with Crippen LogP contribution in [0.25, 0.3) is 11.2 Å². The number of nitrogens with zero attached hydrogens (tertiary/aromatic N) is 3. The van der Waals surface area contributed by atoms with E-state index in [0.717, 1.165) is 0 Å². The van der Waals surface area contributed by atoms with E-state index in [2.05, 4.69) is 30.9 Å². The average Bonchev–Trinajstić information content (AvgIpc) is 3.35. The molecule has 0 spiro atoms. The van der Waals surface area contributed by atoms with E-state index in [-0.39, 0.29) is 59.9 Å². The van der Waals surface area contributed by atoms with E-state index in [1.165, 1.54) is 10.9 Å². The number of aromatic nitrogens is 4. The van der Waals surface area contributed by atoms with Gasteiger partial charge in [-0.1, -0.05) is 0 Å². The first kappa shape index (κ1) is 23.6. The molecular weight excluding hydrogens is 476 g/mol. The van der Waals surface area contributed by atoms with E-state index in [0.29, 0.717) is 0 Å². The van der Waals surface area contributed by atoms with Crippen LogP contribution in [-0.2, 0) is 9.53 Å². The Morgan fingerprint density at radius 3 is 2.59 bits per heavy atom. The molecule has 2 aromatic heterocycles. The quantitative estimate of drug-likeness (QED) is 0.0882. The van der Waals surface area contributed by atoms with Crippen molar-refractivity contribution in [1.29, 1.82) is 0 Å². The van der Waals surface area contributed by atoms with Crippen molar-refractivity contribution in [3.63, 3.8) is 0 Å². The van der Waals surface area contributed by atoms with Gasteiger partial charge in [-0.05, 0) is 0 Å². The number of hydrogen-bond donors (Lipinski definition) is 7. The van der Waals surface area contributed by atoms with Gasteiger partial charge in [-0.3, -0.25) is 28.7 Å². The normalized spacial score (nSPS) is 22.3. The van der Waals surface area contributed by atoms with Gasteiger partial charge in [0, 0.05) is 19.6 Å². The van der Waals surface area contributed by atoms with Crippen LogP contribution < -0.4 is 38.1 Å². The largest absolute Gasteiger partial charge is 0.387 e. The third-order valence-corrected chi connectivity index (χ3v) is 5.57. The van der Waals surface area contributed by atoms with Crippen LogP contribution in [0.1, 0.15) is 6.23 Å². The van der Waals surface area contributed by atoms with Gasteiger partial charge in [0.05, 0.1) is 6.33 Å². The number of nitrogens with two attached hydrogens (primary N) is 1. The SMILES string of the molecule is Nc1nc2c(ncn2[C@H]2O[C@H](CNc3c(NCCNC(=O)CCl)c(=O)c3=O)[C@@H](O)[C@H]2O)c(=O)[nH]1. The molecule has 3 heterocycles. The molecule has 4 rings (SSSR count). The Labute approximate surface area is 194 Å². The number of imidazole rings is 1. The number of carbonyl (C=O) groups excluding carboxylic acids is 1. The molecule has 1 aromatic carbocycles. The standard InChI is InChI=1S/C18H21ClN8O7/c19-3-7(28)21-1-2-22-8-9(13(31)12(8)30)23-4-6-11(29)14(32)17(34-6)27-5-24-10-15(27)25-18(20)26-16(10)33/h5-6,11,14,17,22-23,29,32H,1-4H2,(H,21,28)(H3,20,25,26,33)/t6-,11-,14-,17+/m1/s1. The lowest BCUT2D eigenvalue weighted by Crippen LogP contribution is -2.41. The lowest BCUT2D eigenvalue weighted by Gasteiger charge is -2.19. The minimum absolute atomic E-state index is 0.00327. The minimum Gasteiger partial charge on any atom is -0.387 e. The molecule has 8 N–H and O–H groups in total. The number of halogens is 1. The smallest absolute Gasteiger partial charge is 0.280 e. The number of carbonyl (C=O) groups is 1. The number of nitrogens with one attached hydrogen (secondary N) is 4. The van der Waals surface area contributed by atoms with E-state index in [4.69, 9.17) is 22.1 Å². The van der Waals surface area contributed by atoms with Gasteiger partial charge in [-0.25, -0.2) is 4.98 Å². The van der Waals surface area contributed by atoms with Gasteiger partial charge in [0.25, 0.3) is 16.4 Å². The number of fused-ring (bicyclic) bond motifs is 1. The van der Waals surface area contributed by atoms with Crippen molar-refractivity contribution in [3.8, 4) is 0 Å². The molecule has 0 aliphatic carbocycles. The number of aliphatic hydroxyl groups is 2. The van der Waals surface area contributed by atoms with E-state index in [1.54, 1.807) is 0 Å². The van der Waals surface area contributed by atoms with Crippen molar-refractivity contribution >= 4 is 46.0 Å². The summed E-state index contributed by atoms with van der Waals surface area (Å²) in [4.78, 5) is 57.2. The molecule has 16 heteroatoms. The van der Waals surface area contributed by atoms with Crippen LogP contribution in [-0.4, -0.2) is 79.5 Å². The maximum Gasteiger partial charge on any atom is 0.280 e. The Morgan fingerprint density at radius 2 is 1.88 bits per heavy atom. The number of hydrogen-bond acceptors (Lipinski definition) is 12. The second kappa shape index (κ2) is 9.38. The summed E-state index contributed by atoms with van der Waals surface area (Å²) in [6.45, 7) is 0.233. The summed E-state index contributed by atoms with van der Waals surface area (Å²) in [5.74, 6) is -0.730. The Kier molecular flexibility index (Phi) is 6.52. The number of aromatic amines is 1. The molecule has 0 saturated carbocycles. The molecule has 15 nitrogen and oxygen atoms in total. The molecule has 3 aromatic rings. The zero-order valence-electron chi connectivity index (χ0n) is 17.4. The highest BCUT2D eigenvalue weighted by Gasteiger charge is 2.44. The van der Waals surface area contributed by atoms with Crippen molar-refractivity contribution < 1.29 is 19.7 Å². The molecule has 1 fully saturated rings. The molecule has 0 bridgehead atoms. The van der Waals surface area contributed by atoms with Crippen molar-refractivity contribution in [2.24, 2.45) is 0 Å². The maximum atomic E-state index is 12.0. The first-order valence-corrected chi connectivity index (χ1v) is 10.6. The summed E-state index contributed by atoms with van der Waals surface area (Å²) in [5, 5.41) is 29.0. The maximum absolute atomic E-state index is 12.0. The van der Waals surface area contributed by atoms with Crippen molar-refractivity contribution in [2.75, 3.05) is 41.9 Å². The van der Waals surface area contributed by atoms with Gasteiger partial charge >= 0.3 is 0 Å². The minimum atomic E-state index is -1.41. The number of rotatable bonds is 9. The molecule has 34 heavy (non-hydrogen) atoms. The Balaban J connectivity index is 1.42. The zero-order chi connectivity index (χ0) is 24.6. The summed E-state index contributed by atoms with van der Waals surface area (Å²) < 4.78 is 7.01. The van der Waals surface area contributed by atoms with Gasteiger partial charge in [-0.15, -0.1) is 11.6 Å². The van der Waals surface area contributed by atoms with Crippen molar-refractivity contribution in [1.82, 2.24) is 24.8 Å². The molecule has 4 atom stereocenters.